The first-order valence-corrected chi connectivity index (χ1v) is 13.7. The number of carbonyl (C=O) groups is 2. The molecule has 13 heteroatoms. The van der Waals surface area contributed by atoms with E-state index in [1.165, 1.54) is 30.6 Å². The molecule has 1 aliphatic heterocycles. The summed E-state index contributed by atoms with van der Waals surface area (Å²) < 4.78 is 35.8. The van der Waals surface area contributed by atoms with Gasteiger partial charge in [0.2, 0.25) is 0 Å². The highest BCUT2D eigenvalue weighted by Crippen LogP contribution is 2.44. The highest BCUT2D eigenvalue weighted by molar-refractivity contribution is 7.46. The van der Waals surface area contributed by atoms with Crippen LogP contribution in [-0.2, 0) is 23.3 Å². The van der Waals surface area contributed by atoms with E-state index in [1.807, 2.05) is 12.1 Å². The summed E-state index contributed by atoms with van der Waals surface area (Å²) in [5.74, 6) is -1.58. The Morgan fingerprint density at radius 2 is 1.65 bits per heavy atom. The van der Waals surface area contributed by atoms with Crippen molar-refractivity contribution in [1.82, 2.24) is 9.55 Å². The lowest BCUT2D eigenvalue weighted by Gasteiger charge is -2.44. The molecule has 1 saturated heterocycles. The Morgan fingerprint density at radius 3 is 2.38 bits per heavy atom. The van der Waals surface area contributed by atoms with Crippen molar-refractivity contribution in [2.75, 3.05) is 6.61 Å². The number of hydrogen-bond donors (Lipinski definition) is 3. The molecule has 4 aromatic rings. The van der Waals surface area contributed by atoms with E-state index in [1.54, 1.807) is 53.2 Å². The van der Waals surface area contributed by atoms with Crippen LogP contribution < -0.4 is 0 Å². The molecule has 0 spiro atoms. The summed E-state index contributed by atoms with van der Waals surface area (Å²) in [6, 6.07) is 20.0. The summed E-state index contributed by atoms with van der Waals surface area (Å²) in [4.78, 5) is 48.9. The molecule has 12 nitrogen and oxygen atoms in total. The number of hydrogen-bond acceptors (Lipinski definition) is 9. The van der Waals surface area contributed by atoms with Gasteiger partial charge in [0.05, 0.1) is 16.6 Å². The molecule has 0 saturated carbocycles. The average Bonchev–Trinajstić information content (AvgIpc) is 3.39. The molecule has 0 amide bonds. The molecule has 1 fully saturated rings. The summed E-state index contributed by atoms with van der Waals surface area (Å²) >= 11 is 0. The minimum absolute atomic E-state index is 0.151. The van der Waals surface area contributed by atoms with Crippen molar-refractivity contribution < 1.29 is 47.8 Å². The van der Waals surface area contributed by atoms with Crippen molar-refractivity contribution in [2.45, 2.75) is 30.6 Å². The van der Waals surface area contributed by atoms with Gasteiger partial charge in [0.25, 0.3) is 0 Å². The topological polar surface area (TPSA) is 167 Å². The Morgan fingerprint density at radius 1 is 0.925 bits per heavy atom. The Labute approximate surface area is 227 Å². The lowest BCUT2D eigenvalue weighted by molar-refractivity contribution is -0.246. The van der Waals surface area contributed by atoms with Gasteiger partial charge >= 0.3 is 19.8 Å². The van der Waals surface area contributed by atoms with Crippen LogP contribution >= 0.6 is 7.82 Å². The SMILES string of the molecule is O=C(OC[C@H]1O[C@@H](n2ccc3ccccc32)[C@H](OC(=O)c2ccccc2)[C@@H](OP(=O)(O)O)[C@@H]1O)c1cccnc1. The monoisotopic (exact) mass is 568 g/mol. The number of carbonyl (C=O) groups excluding carboxylic acids is 2. The second kappa shape index (κ2) is 11.7. The third-order valence-corrected chi connectivity index (χ3v) is 6.85. The van der Waals surface area contributed by atoms with Crippen LogP contribution in [0.1, 0.15) is 26.9 Å². The number of para-hydroxylation sites is 1. The Kier molecular flexibility index (Phi) is 8.08. The number of ether oxygens (including phenoxy) is 3. The van der Waals surface area contributed by atoms with Crippen molar-refractivity contribution in [3.8, 4) is 0 Å². The van der Waals surface area contributed by atoms with Gasteiger partial charge in [-0.2, -0.15) is 0 Å². The molecule has 3 N–H and O–H groups in total. The van der Waals surface area contributed by atoms with E-state index in [4.69, 9.17) is 18.7 Å². The lowest BCUT2D eigenvalue weighted by Crippen LogP contribution is -2.58. The van der Waals surface area contributed by atoms with Crippen LogP contribution in [0.4, 0.5) is 0 Å². The highest BCUT2D eigenvalue weighted by Gasteiger charge is 2.52. The minimum Gasteiger partial charge on any atom is -0.459 e. The summed E-state index contributed by atoms with van der Waals surface area (Å²) in [6.45, 7) is -0.509. The van der Waals surface area contributed by atoms with E-state index in [-0.39, 0.29) is 11.1 Å². The number of nitrogens with zero attached hydrogens (tertiary/aromatic N) is 2. The molecule has 2 aromatic carbocycles. The first kappa shape index (κ1) is 27.7. The Hall–Kier alpha value is -3.90. The van der Waals surface area contributed by atoms with Gasteiger partial charge in [-0.15, -0.1) is 0 Å². The first-order chi connectivity index (χ1) is 19.2. The predicted octanol–water partition coefficient (Wildman–Crippen LogP) is 2.86. The van der Waals surface area contributed by atoms with Gasteiger partial charge in [-0.3, -0.25) is 9.51 Å². The number of rotatable bonds is 8. The number of phosphoric ester groups is 1. The van der Waals surface area contributed by atoms with Crippen LogP contribution in [0.5, 0.6) is 0 Å². The largest absolute Gasteiger partial charge is 0.470 e. The number of esters is 2. The van der Waals surface area contributed by atoms with E-state index in [2.05, 4.69) is 4.98 Å². The van der Waals surface area contributed by atoms with Gasteiger partial charge in [0.1, 0.15) is 24.9 Å². The summed E-state index contributed by atoms with van der Waals surface area (Å²) in [7, 11) is -5.22. The fourth-order valence-electron chi connectivity index (χ4n) is 4.49. The number of pyridine rings is 1. The third-order valence-electron chi connectivity index (χ3n) is 6.33. The zero-order valence-electron chi connectivity index (χ0n) is 20.8. The second-order valence-corrected chi connectivity index (χ2v) is 10.2. The lowest BCUT2D eigenvalue weighted by atomic mass is 9.97. The van der Waals surface area contributed by atoms with E-state index in [0.29, 0.717) is 5.52 Å². The Balaban J connectivity index is 1.51. The normalized spacial score (nSPS) is 23.0. The fraction of sp³-hybridized carbons (Fsp3) is 0.222. The first-order valence-electron chi connectivity index (χ1n) is 12.2. The number of aliphatic hydroxyl groups is 1. The maximum Gasteiger partial charge on any atom is 0.470 e. The third kappa shape index (κ3) is 6.13. The standard InChI is InChI=1S/C27H25N2O10P/c30-22-21(16-36-26(31)19-10-6-13-28-15-19)37-25(29-14-12-17-7-4-5-11-20(17)29)24(23(22)39-40(33,34)35)38-27(32)18-8-2-1-3-9-18/h1-15,21-25,30H,16H2,(H2,33,34,35)/t21-,22-,23+,24-,25-/m1/s1. The molecule has 0 radical (unpaired) electrons. The van der Waals surface area contributed by atoms with Crippen molar-refractivity contribution >= 4 is 30.7 Å². The second-order valence-electron chi connectivity index (χ2n) is 8.97. The number of phosphoric acid groups is 1. The molecular weight excluding hydrogens is 543 g/mol. The van der Waals surface area contributed by atoms with Crippen LogP contribution in [-0.4, -0.2) is 67.4 Å². The van der Waals surface area contributed by atoms with Crippen molar-refractivity contribution in [3.63, 3.8) is 0 Å². The molecule has 40 heavy (non-hydrogen) atoms. The number of aromatic nitrogens is 2. The average molecular weight is 568 g/mol. The summed E-state index contributed by atoms with van der Waals surface area (Å²) in [5.41, 5.74) is 0.958. The molecule has 5 atom stereocenters. The van der Waals surface area contributed by atoms with Crippen LogP contribution in [0.15, 0.2) is 91.4 Å². The van der Waals surface area contributed by atoms with Crippen LogP contribution in [0.25, 0.3) is 10.9 Å². The molecule has 1 aliphatic rings. The maximum atomic E-state index is 13.1. The summed E-state index contributed by atoms with van der Waals surface area (Å²) in [6.07, 6.45) is -3.22. The molecule has 0 unspecified atom stereocenters. The van der Waals surface area contributed by atoms with Crippen molar-refractivity contribution in [3.05, 3.63) is 103 Å². The van der Waals surface area contributed by atoms with Crippen molar-refractivity contribution in [2.24, 2.45) is 0 Å². The van der Waals surface area contributed by atoms with Crippen LogP contribution in [0.2, 0.25) is 0 Å². The van der Waals surface area contributed by atoms with Gasteiger partial charge in [0, 0.05) is 18.6 Å². The molecule has 2 aromatic heterocycles. The van der Waals surface area contributed by atoms with Gasteiger partial charge in [-0.1, -0.05) is 36.4 Å². The number of fused-ring (bicyclic) bond motifs is 1. The molecule has 5 rings (SSSR count). The van der Waals surface area contributed by atoms with E-state index >= 15 is 0 Å². The summed E-state index contributed by atoms with van der Waals surface area (Å²) in [5, 5.41) is 12.0. The van der Waals surface area contributed by atoms with Gasteiger partial charge in [-0.25, -0.2) is 14.2 Å². The predicted molar refractivity (Wildman–Crippen MR) is 139 cm³/mol. The molecule has 208 valence electrons. The smallest absolute Gasteiger partial charge is 0.459 e. The Bertz CT molecular complexity index is 1520. The quantitative estimate of drug-likeness (QED) is 0.211. The zero-order chi connectivity index (χ0) is 28.3. The molecular formula is C27H25N2O10P. The number of aliphatic hydroxyl groups excluding tert-OH is 1. The molecule has 3 heterocycles. The maximum absolute atomic E-state index is 13.1. The highest BCUT2D eigenvalue weighted by atomic mass is 31.2. The fourth-order valence-corrected chi connectivity index (χ4v) is 5.05. The van der Waals surface area contributed by atoms with Crippen LogP contribution in [0, 0.1) is 0 Å². The number of benzene rings is 2. The molecule has 0 bridgehead atoms. The van der Waals surface area contributed by atoms with Gasteiger partial charge in [-0.05, 0) is 41.8 Å². The van der Waals surface area contributed by atoms with E-state index in [9.17, 15) is 29.0 Å². The van der Waals surface area contributed by atoms with Gasteiger partial charge in [0.15, 0.2) is 12.3 Å². The van der Waals surface area contributed by atoms with Crippen molar-refractivity contribution in [1.29, 1.82) is 0 Å². The van der Waals surface area contributed by atoms with Gasteiger partial charge < -0.3 is 33.7 Å². The zero-order valence-corrected chi connectivity index (χ0v) is 21.7. The minimum atomic E-state index is -5.22. The molecule has 0 aliphatic carbocycles. The van der Waals surface area contributed by atoms with Crippen LogP contribution in [0.3, 0.4) is 0 Å². The van der Waals surface area contributed by atoms with E-state index < -0.39 is 57.0 Å². The van der Waals surface area contributed by atoms with E-state index in [0.717, 1.165) is 5.39 Å².